The SMILES string of the molecule is CCCCCCCCCCN1C(=O)C2C(=Nc3oc(C)c(C)[n+]32)N(C)C1=O. The van der Waals surface area contributed by atoms with E-state index in [1.54, 1.807) is 11.6 Å². The van der Waals surface area contributed by atoms with Crippen LogP contribution in [0.1, 0.15) is 75.8 Å². The summed E-state index contributed by atoms with van der Waals surface area (Å²) in [6.45, 7) is 6.45. The van der Waals surface area contributed by atoms with E-state index in [2.05, 4.69) is 11.9 Å². The van der Waals surface area contributed by atoms with E-state index in [1.165, 1.54) is 41.9 Å². The van der Waals surface area contributed by atoms with Crippen LogP contribution in [0.15, 0.2) is 9.41 Å². The third-order valence-corrected chi connectivity index (χ3v) is 5.63. The molecule has 7 heteroatoms. The predicted molar refractivity (Wildman–Crippen MR) is 102 cm³/mol. The molecule has 148 valence electrons. The van der Waals surface area contributed by atoms with Gasteiger partial charge in [-0.15, -0.1) is 0 Å². The molecule has 1 aromatic heterocycles. The van der Waals surface area contributed by atoms with E-state index in [1.807, 2.05) is 13.8 Å². The first-order chi connectivity index (χ1) is 13.0. The van der Waals surface area contributed by atoms with Gasteiger partial charge in [0.25, 0.3) is 17.8 Å². The molecule has 7 nitrogen and oxygen atoms in total. The third-order valence-electron chi connectivity index (χ3n) is 5.63. The molecule has 0 N–H and O–H groups in total. The Kier molecular flexibility index (Phi) is 5.97. The Labute approximate surface area is 161 Å². The zero-order chi connectivity index (χ0) is 19.6. The van der Waals surface area contributed by atoms with Gasteiger partial charge in [-0.05, 0) is 13.3 Å². The second kappa shape index (κ2) is 8.23. The Balaban J connectivity index is 1.60. The van der Waals surface area contributed by atoms with Gasteiger partial charge < -0.3 is 4.42 Å². The van der Waals surface area contributed by atoms with Crippen LogP contribution in [-0.2, 0) is 4.79 Å². The quantitative estimate of drug-likeness (QED) is 0.487. The average molecular weight is 375 g/mol. The highest BCUT2D eigenvalue weighted by Crippen LogP contribution is 2.30. The topological polar surface area (TPSA) is 70.0 Å². The fourth-order valence-corrected chi connectivity index (χ4v) is 3.84. The third kappa shape index (κ3) is 3.64. The summed E-state index contributed by atoms with van der Waals surface area (Å²) >= 11 is 0. The number of carbonyl (C=O) groups is 2. The number of aromatic nitrogens is 1. The van der Waals surface area contributed by atoms with Crippen LogP contribution in [0, 0.1) is 13.8 Å². The molecule has 0 aliphatic carbocycles. The van der Waals surface area contributed by atoms with E-state index in [-0.39, 0.29) is 11.9 Å². The molecule has 27 heavy (non-hydrogen) atoms. The first-order valence-electron chi connectivity index (χ1n) is 10.2. The predicted octanol–water partition coefficient (Wildman–Crippen LogP) is 3.80. The Morgan fingerprint density at radius 2 is 1.67 bits per heavy atom. The molecule has 3 rings (SSSR count). The van der Waals surface area contributed by atoms with Crippen molar-refractivity contribution in [2.75, 3.05) is 13.6 Å². The number of likely N-dealkylation sites (N-methyl/N-ethyl adjacent to an activating group) is 1. The summed E-state index contributed by atoms with van der Waals surface area (Å²) in [6, 6.07) is -0.487. The van der Waals surface area contributed by atoms with Gasteiger partial charge in [-0.25, -0.2) is 4.79 Å². The number of unbranched alkanes of at least 4 members (excludes halogenated alkanes) is 7. The lowest BCUT2D eigenvalue weighted by Gasteiger charge is -2.32. The molecule has 0 spiro atoms. The normalized spacial score (nSPS) is 18.8. The number of amides is 3. The number of imide groups is 1. The van der Waals surface area contributed by atoms with E-state index in [0.717, 1.165) is 30.7 Å². The van der Waals surface area contributed by atoms with Gasteiger partial charge in [-0.3, -0.25) is 14.6 Å². The largest absolute Gasteiger partial charge is 0.507 e. The first-order valence-corrected chi connectivity index (χ1v) is 10.2. The molecule has 0 bridgehead atoms. The van der Waals surface area contributed by atoms with Crippen molar-refractivity contribution in [3.8, 4) is 0 Å². The van der Waals surface area contributed by atoms with Crippen molar-refractivity contribution in [2.24, 2.45) is 4.99 Å². The minimum Gasteiger partial charge on any atom is -0.389 e. The van der Waals surface area contributed by atoms with Crippen molar-refractivity contribution in [1.82, 2.24) is 9.80 Å². The summed E-state index contributed by atoms with van der Waals surface area (Å²) in [5.74, 6) is 1.00. The van der Waals surface area contributed by atoms with Gasteiger partial charge in [-0.1, -0.05) is 51.9 Å². The number of aliphatic imine (C=N–C) groups is 1. The number of aryl methyl sites for hydroxylation is 1. The lowest BCUT2D eigenvalue weighted by Crippen LogP contribution is -2.63. The van der Waals surface area contributed by atoms with Gasteiger partial charge >= 0.3 is 12.0 Å². The highest BCUT2D eigenvalue weighted by Gasteiger charge is 2.55. The van der Waals surface area contributed by atoms with Gasteiger partial charge in [-0.2, -0.15) is 4.57 Å². The Hall–Kier alpha value is -2.18. The van der Waals surface area contributed by atoms with Crippen LogP contribution in [0.3, 0.4) is 0 Å². The Morgan fingerprint density at radius 1 is 1.04 bits per heavy atom. The molecular formula is C20H31N4O3+. The van der Waals surface area contributed by atoms with Gasteiger partial charge in [0.05, 0.1) is 0 Å². The maximum absolute atomic E-state index is 13.1. The molecule has 2 aliphatic rings. The van der Waals surface area contributed by atoms with Gasteiger partial charge in [0.2, 0.25) is 0 Å². The number of nitrogens with zero attached hydrogens (tertiary/aromatic N) is 4. The van der Waals surface area contributed by atoms with Crippen LogP contribution in [-0.4, -0.2) is 41.2 Å². The highest BCUT2D eigenvalue weighted by molar-refractivity contribution is 6.18. The lowest BCUT2D eigenvalue weighted by molar-refractivity contribution is -0.685. The summed E-state index contributed by atoms with van der Waals surface area (Å²) in [5, 5.41) is 0. The van der Waals surface area contributed by atoms with Crippen LogP contribution in [0.2, 0.25) is 0 Å². The number of rotatable bonds is 9. The molecule has 1 aromatic rings. The lowest BCUT2D eigenvalue weighted by atomic mass is 10.1. The monoisotopic (exact) mass is 375 g/mol. The number of hydrogen-bond acceptors (Lipinski definition) is 4. The van der Waals surface area contributed by atoms with Gasteiger partial charge in [0, 0.05) is 25.5 Å². The van der Waals surface area contributed by atoms with Crippen molar-refractivity contribution in [3.05, 3.63) is 11.5 Å². The molecule has 0 radical (unpaired) electrons. The zero-order valence-corrected chi connectivity index (χ0v) is 17.0. The van der Waals surface area contributed by atoms with Crippen LogP contribution in [0.4, 0.5) is 10.8 Å². The van der Waals surface area contributed by atoms with Crippen LogP contribution in [0.25, 0.3) is 0 Å². The minimum atomic E-state index is -0.589. The van der Waals surface area contributed by atoms with E-state index in [4.69, 9.17) is 4.42 Å². The summed E-state index contributed by atoms with van der Waals surface area (Å²) in [6.07, 6.45) is 9.42. The first kappa shape index (κ1) is 19.6. The number of urea groups is 1. The number of hydrogen-bond donors (Lipinski definition) is 0. The van der Waals surface area contributed by atoms with E-state index in [9.17, 15) is 9.59 Å². The summed E-state index contributed by atoms with van der Waals surface area (Å²) in [4.78, 5) is 33.0. The summed E-state index contributed by atoms with van der Waals surface area (Å²) in [5.41, 5.74) is 0.872. The molecule has 1 fully saturated rings. The van der Waals surface area contributed by atoms with Crippen LogP contribution >= 0.6 is 0 Å². The van der Waals surface area contributed by atoms with Crippen LogP contribution < -0.4 is 4.57 Å². The Morgan fingerprint density at radius 3 is 2.33 bits per heavy atom. The minimum absolute atomic E-state index is 0.201. The molecule has 3 heterocycles. The molecule has 3 amide bonds. The Bertz CT molecular complexity index is 753. The van der Waals surface area contributed by atoms with Gasteiger partial charge in [0.15, 0.2) is 5.76 Å². The van der Waals surface area contributed by atoms with Crippen molar-refractivity contribution in [3.63, 3.8) is 0 Å². The van der Waals surface area contributed by atoms with E-state index < -0.39 is 6.04 Å². The van der Waals surface area contributed by atoms with E-state index >= 15 is 0 Å². The van der Waals surface area contributed by atoms with Gasteiger partial charge in [0.1, 0.15) is 5.69 Å². The average Bonchev–Trinajstić information content (AvgIpc) is 3.15. The fourth-order valence-electron chi connectivity index (χ4n) is 3.84. The van der Waals surface area contributed by atoms with E-state index in [0.29, 0.717) is 18.4 Å². The molecule has 0 saturated carbocycles. The number of carbonyl (C=O) groups excluding carboxylic acids is 2. The standard InChI is InChI=1S/C20H31N4O3/c1-5-6-7-8-9-10-11-12-13-23-18(25)16-17(22(4)20(23)26)21-19-24(16)14(2)15(3)27-19/h16H,5-13H2,1-4H3/q+1. The number of fused-ring (bicyclic) bond motifs is 3. The van der Waals surface area contributed by atoms with Crippen molar-refractivity contribution >= 4 is 23.8 Å². The van der Waals surface area contributed by atoms with Crippen molar-refractivity contribution in [1.29, 1.82) is 0 Å². The second-order valence-electron chi connectivity index (χ2n) is 7.58. The number of oxazole rings is 1. The zero-order valence-electron chi connectivity index (χ0n) is 17.0. The smallest absolute Gasteiger partial charge is 0.389 e. The van der Waals surface area contributed by atoms with Crippen molar-refractivity contribution < 1.29 is 18.6 Å². The summed E-state index contributed by atoms with van der Waals surface area (Å²) < 4.78 is 7.44. The molecule has 2 aliphatic heterocycles. The molecule has 1 unspecified atom stereocenters. The van der Waals surface area contributed by atoms with Crippen molar-refractivity contribution in [2.45, 2.75) is 78.2 Å². The molecule has 1 atom stereocenters. The molecular weight excluding hydrogens is 344 g/mol. The van der Waals surface area contributed by atoms with Crippen LogP contribution in [0.5, 0.6) is 0 Å². The maximum Gasteiger partial charge on any atom is 0.507 e. The molecule has 1 saturated heterocycles. The fraction of sp³-hybridized carbons (Fsp3) is 0.700. The second-order valence-corrected chi connectivity index (χ2v) is 7.58. The highest BCUT2D eigenvalue weighted by atomic mass is 16.4. The maximum atomic E-state index is 13.1. The summed E-state index contributed by atoms with van der Waals surface area (Å²) in [7, 11) is 1.68. The number of amidine groups is 1. The molecule has 0 aromatic carbocycles.